The van der Waals surface area contributed by atoms with Crippen LogP contribution in [-0.2, 0) is 26.2 Å². The van der Waals surface area contributed by atoms with Gasteiger partial charge >= 0.3 is 0 Å². The van der Waals surface area contributed by atoms with Crippen LogP contribution < -0.4 is 9.62 Å². The zero-order valence-electron chi connectivity index (χ0n) is 21.9. The minimum absolute atomic E-state index is 0.00980. The molecule has 0 saturated carbocycles. The molecular formula is C29H35N3O4S. The van der Waals surface area contributed by atoms with Gasteiger partial charge in [-0.1, -0.05) is 61.0 Å². The monoisotopic (exact) mass is 521 g/mol. The fourth-order valence-corrected chi connectivity index (χ4v) is 6.52. The molecule has 0 saturated heterocycles. The predicted molar refractivity (Wildman–Crippen MR) is 147 cm³/mol. The summed E-state index contributed by atoms with van der Waals surface area (Å²) in [5.74, 6) is -0.375. The molecule has 0 spiro atoms. The fraction of sp³-hybridized carbons (Fsp3) is 0.379. The molecule has 2 amide bonds. The van der Waals surface area contributed by atoms with Gasteiger partial charge in [-0.25, -0.2) is 8.42 Å². The number of amides is 2. The van der Waals surface area contributed by atoms with Crippen LogP contribution in [-0.4, -0.2) is 43.8 Å². The third-order valence-corrected chi connectivity index (χ3v) is 8.89. The number of nitrogens with zero attached hydrogens (tertiary/aromatic N) is 2. The van der Waals surface area contributed by atoms with Gasteiger partial charge in [0.25, 0.3) is 10.0 Å². The third kappa shape index (κ3) is 5.49. The second-order valence-electron chi connectivity index (χ2n) is 9.82. The maximum absolute atomic E-state index is 13.5. The summed E-state index contributed by atoms with van der Waals surface area (Å²) < 4.78 is 27.9. The van der Waals surface area contributed by atoms with Crippen LogP contribution in [0.4, 0.5) is 5.69 Å². The lowest BCUT2D eigenvalue weighted by atomic mass is 10.1. The highest BCUT2D eigenvalue weighted by molar-refractivity contribution is 7.93. The van der Waals surface area contributed by atoms with Crippen LogP contribution in [0, 0.1) is 6.92 Å². The molecule has 0 fully saturated rings. The van der Waals surface area contributed by atoms with Crippen molar-refractivity contribution in [2.75, 3.05) is 10.8 Å². The van der Waals surface area contributed by atoms with Crippen molar-refractivity contribution in [2.24, 2.45) is 0 Å². The number of carbonyl (C=O) groups excluding carboxylic acids is 2. The Labute approximate surface area is 219 Å². The molecule has 1 heterocycles. The zero-order chi connectivity index (χ0) is 26.7. The summed E-state index contributed by atoms with van der Waals surface area (Å²) in [5.41, 5.74) is 2.67. The van der Waals surface area contributed by atoms with Crippen LogP contribution in [0.5, 0.6) is 0 Å². The molecule has 1 N–H and O–H groups in total. The van der Waals surface area contributed by atoms with Gasteiger partial charge in [-0.2, -0.15) is 0 Å². The molecule has 8 heteroatoms. The molecule has 0 bridgehead atoms. The first-order valence-electron chi connectivity index (χ1n) is 12.8. The molecule has 3 aromatic rings. The highest BCUT2D eigenvalue weighted by atomic mass is 32.2. The number of hydrogen-bond acceptors (Lipinski definition) is 4. The Morgan fingerprint density at radius 3 is 2.43 bits per heavy atom. The van der Waals surface area contributed by atoms with E-state index in [1.165, 1.54) is 4.31 Å². The summed E-state index contributed by atoms with van der Waals surface area (Å²) in [6, 6.07) is 18.1. The van der Waals surface area contributed by atoms with Crippen molar-refractivity contribution >= 4 is 38.3 Å². The number of benzene rings is 3. The molecule has 0 radical (unpaired) electrons. The Kier molecular flexibility index (Phi) is 7.87. The quantitative estimate of drug-likeness (QED) is 0.416. The molecule has 0 aliphatic carbocycles. The lowest BCUT2D eigenvalue weighted by Gasteiger charge is -2.30. The van der Waals surface area contributed by atoms with Crippen LogP contribution in [0.1, 0.15) is 51.2 Å². The van der Waals surface area contributed by atoms with Gasteiger partial charge in [-0.05, 0) is 56.7 Å². The first kappa shape index (κ1) is 26.7. The predicted octanol–water partition coefficient (Wildman–Crippen LogP) is 4.77. The van der Waals surface area contributed by atoms with E-state index < -0.39 is 16.1 Å². The summed E-state index contributed by atoms with van der Waals surface area (Å²) in [6.45, 7) is 8.16. The number of nitrogens with one attached hydrogen (secondary N) is 1. The number of sulfonamides is 1. The van der Waals surface area contributed by atoms with E-state index in [0.717, 1.165) is 28.3 Å². The third-order valence-electron chi connectivity index (χ3n) is 7.04. The first-order chi connectivity index (χ1) is 17.6. The number of rotatable bonds is 10. The average Bonchev–Trinajstić information content (AvgIpc) is 3.09. The molecule has 196 valence electrons. The number of hydrogen-bond donors (Lipinski definition) is 1. The molecule has 1 aliphatic rings. The van der Waals surface area contributed by atoms with Crippen LogP contribution in [0.15, 0.2) is 65.6 Å². The molecule has 2 atom stereocenters. The van der Waals surface area contributed by atoms with Crippen molar-refractivity contribution in [1.29, 1.82) is 0 Å². The minimum Gasteiger partial charge on any atom is -0.352 e. The molecule has 0 unspecified atom stereocenters. The lowest BCUT2D eigenvalue weighted by Crippen LogP contribution is -2.49. The van der Waals surface area contributed by atoms with E-state index >= 15 is 0 Å². The lowest BCUT2D eigenvalue weighted by molar-refractivity contribution is -0.140. The van der Waals surface area contributed by atoms with Crippen LogP contribution in [0.25, 0.3) is 10.8 Å². The van der Waals surface area contributed by atoms with E-state index in [1.54, 1.807) is 24.0 Å². The van der Waals surface area contributed by atoms with Gasteiger partial charge in [0.05, 0.1) is 10.6 Å². The summed E-state index contributed by atoms with van der Waals surface area (Å²) in [4.78, 5) is 28.3. The normalized spacial score (nSPS) is 15.4. The van der Waals surface area contributed by atoms with Gasteiger partial charge in [-0.3, -0.25) is 13.9 Å². The molecule has 37 heavy (non-hydrogen) atoms. The van der Waals surface area contributed by atoms with Crippen LogP contribution in [0.3, 0.4) is 0 Å². The molecule has 1 aliphatic heterocycles. The first-order valence-corrected chi connectivity index (χ1v) is 14.3. The Morgan fingerprint density at radius 1 is 1.03 bits per heavy atom. The SMILES string of the molecule is CC[C@H](C)NC(=O)[C@H](C)N(Cc1cccc(C)c1)C(=O)CCCN1c2cccc3cccc(c23)S1(=O)=O. The van der Waals surface area contributed by atoms with Gasteiger partial charge in [0, 0.05) is 30.9 Å². The topological polar surface area (TPSA) is 86.8 Å². The maximum atomic E-state index is 13.5. The highest BCUT2D eigenvalue weighted by Crippen LogP contribution is 2.42. The van der Waals surface area contributed by atoms with Gasteiger partial charge in [0.1, 0.15) is 6.04 Å². The summed E-state index contributed by atoms with van der Waals surface area (Å²) in [5, 5.41) is 4.58. The molecular weight excluding hydrogens is 486 g/mol. The van der Waals surface area contributed by atoms with Gasteiger partial charge < -0.3 is 10.2 Å². The van der Waals surface area contributed by atoms with Crippen molar-refractivity contribution in [1.82, 2.24) is 10.2 Å². The Morgan fingerprint density at radius 2 is 1.73 bits per heavy atom. The largest absolute Gasteiger partial charge is 0.352 e. The molecule has 7 nitrogen and oxygen atoms in total. The highest BCUT2D eigenvalue weighted by Gasteiger charge is 2.35. The number of carbonyl (C=O) groups is 2. The van der Waals surface area contributed by atoms with E-state index in [9.17, 15) is 18.0 Å². The second-order valence-corrected chi connectivity index (χ2v) is 11.6. The fourth-order valence-electron chi connectivity index (χ4n) is 4.77. The van der Waals surface area contributed by atoms with E-state index in [4.69, 9.17) is 0 Å². The van der Waals surface area contributed by atoms with Crippen molar-refractivity contribution < 1.29 is 18.0 Å². The van der Waals surface area contributed by atoms with Crippen molar-refractivity contribution in [2.45, 2.75) is 70.5 Å². The van der Waals surface area contributed by atoms with Crippen LogP contribution in [0.2, 0.25) is 0 Å². The van der Waals surface area contributed by atoms with Gasteiger partial charge in [-0.15, -0.1) is 0 Å². The summed E-state index contributed by atoms with van der Waals surface area (Å²) in [6.07, 6.45) is 1.27. The average molecular weight is 522 g/mol. The zero-order valence-corrected chi connectivity index (χ0v) is 22.7. The smallest absolute Gasteiger partial charge is 0.265 e. The van der Waals surface area contributed by atoms with E-state index in [-0.39, 0.29) is 30.8 Å². The van der Waals surface area contributed by atoms with Crippen molar-refractivity contribution in [3.63, 3.8) is 0 Å². The van der Waals surface area contributed by atoms with Gasteiger partial charge in [0.15, 0.2) is 0 Å². The Hall–Kier alpha value is -3.39. The standard InChI is InChI=1S/C29H35N3O4S/c1-5-21(3)30-29(34)22(4)31(19-23-11-6-10-20(2)18-23)27(33)16-9-17-32-25-14-7-12-24-13-8-15-26(28(24)25)37(32,35)36/h6-8,10-15,18,21-22H,5,9,16-17,19H2,1-4H3,(H,30,34)/t21-,22-/m0/s1. The van der Waals surface area contributed by atoms with E-state index in [1.807, 2.05) is 69.3 Å². The number of aryl methyl sites for hydroxylation is 1. The van der Waals surface area contributed by atoms with Gasteiger partial charge in [0.2, 0.25) is 11.8 Å². The molecule has 4 rings (SSSR count). The van der Waals surface area contributed by atoms with E-state index in [0.29, 0.717) is 23.5 Å². The Balaban J connectivity index is 1.50. The molecule has 3 aromatic carbocycles. The minimum atomic E-state index is -3.67. The number of anilines is 1. The van der Waals surface area contributed by atoms with Crippen molar-refractivity contribution in [3.8, 4) is 0 Å². The van der Waals surface area contributed by atoms with E-state index in [2.05, 4.69) is 5.32 Å². The summed E-state index contributed by atoms with van der Waals surface area (Å²) >= 11 is 0. The second kappa shape index (κ2) is 10.9. The van der Waals surface area contributed by atoms with Crippen molar-refractivity contribution in [3.05, 3.63) is 71.8 Å². The summed E-state index contributed by atoms with van der Waals surface area (Å²) in [7, 11) is -3.67. The Bertz CT molecular complexity index is 1410. The van der Waals surface area contributed by atoms with Crippen LogP contribution >= 0.6 is 0 Å². The molecule has 0 aromatic heterocycles. The maximum Gasteiger partial charge on any atom is 0.265 e.